The van der Waals surface area contributed by atoms with Crippen molar-refractivity contribution in [3.63, 3.8) is 0 Å². The molecule has 3 heteroatoms. The molecule has 0 heterocycles. The number of rotatable bonds is 1. The molecule has 0 aliphatic rings. The highest BCUT2D eigenvalue weighted by atomic mass is 16.5. The smallest absolute Gasteiger partial charge is 0.313 e. The summed E-state index contributed by atoms with van der Waals surface area (Å²) < 4.78 is 4.39. The lowest BCUT2D eigenvalue weighted by Gasteiger charge is -1.94. The minimum atomic E-state index is -0.762. The van der Waals surface area contributed by atoms with E-state index in [0.717, 1.165) is 0 Å². The predicted octanol–water partition coefficient (Wildman–Crippen LogP) is 0.938. The highest BCUT2D eigenvalue weighted by Gasteiger charge is 1.91. The molecule has 0 radical (unpaired) electrons. The molecule has 0 aromatic rings. The van der Waals surface area contributed by atoms with Crippen molar-refractivity contribution < 1.29 is 14.9 Å². The fourth-order valence-corrected chi connectivity index (χ4v) is 0.0913. The van der Waals surface area contributed by atoms with Crippen LogP contribution >= 0.6 is 0 Å². The maximum atomic E-state index is 8.13. The Labute approximate surface area is 41.8 Å². The number of allylic oxidation sites excluding steroid dienone is 1. The number of hydrogen-bond donors (Lipinski definition) is 2. The molecule has 2 N–H and O–H groups in total. The lowest BCUT2D eigenvalue weighted by molar-refractivity contribution is 0.144. The first-order chi connectivity index (χ1) is 3.18. The Morgan fingerprint density at radius 2 is 1.86 bits per heavy atom. The highest BCUT2D eigenvalue weighted by molar-refractivity contribution is 4.85. The van der Waals surface area contributed by atoms with E-state index in [0.29, 0.717) is 0 Å². The molecule has 0 fully saturated rings. The first-order valence-corrected chi connectivity index (χ1v) is 1.81. The van der Waals surface area contributed by atoms with E-state index in [4.69, 9.17) is 10.2 Å². The van der Waals surface area contributed by atoms with Crippen molar-refractivity contribution in [1.82, 2.24) is 0 Å². The second-order valence-electron chi connectivity index (χ2n) is 1.08. The Morgan fingerprint density at radius 1 is 1.43 bits per heavy atom. The largest absolute Gasteiger partial charge is 0.494 e. The van der Waals surface area contributed by atoms with Crippen LogP contribution in [-0.2, 0) is 4.74 Å². The van der Waals surface area contributed by atoms with Crippen molar-refractivity contribution in [3.05, 3.63) is 11.7 Å². The summed E-state index contributed by atoms with van der Waals surface area (Å²) in [4.78, 5) is 0. The summed E-state index contributed by atoms with van der Waals surface area (Å²) in [6.45, 7) is 1.45. The van der Waals surface area contributed by atoms with Crippen molar-refractivity contribution in [2.24, 2.45) is 0 Å². The Morgan fingerprint density at radius 3 is 1.86 bits per heavy atom. The van der Waals surface area contributed by atoms with Gasteiger partial charge in [0.2, 0.25) is 0 Å². The zero-order valence-electron chi connectivity index (χ0n) is 4.30. The summed E-state index contributed by atoms with van der Waals surface area (Å²) in [6.07, 6.45) is 0. The maximum absolute atomic E-state index is 8.13. The van der Waals surface area contributed by atoms with Gasteiger partial charge in [-0.05, 0) is 0 Å². The van der Waals surface area contributed by atoms with Gasteiger partial charge >= 0.3 is 5.95 Å². The average molecular weight is 104 g/mol. The zero-order valence-corrected chi connectivity index (χ0v) is 4.30. The Hall–Kier alpha value is -0.860. The topological polar surface area (TPSA) is 49.7 Å². The van der Waals surface area contributed by atoms with Gasteiger partial charge < -0.3 is 14.9 Å². The second-order valence-corrected chi connectivity index (χ2v) is 1.08. The second kappa shape index (κ2) is 2.34. The van der Waals surface area contributed by atoms with E-state index in [2.05, 4.69) is 4.74 Å². The van der Waals surface area contributed by atoms with Gasteiger partial charge in [-0.2, -0.15) is 0 Å². The third-order valence-corrected chi connectivity index (χ3v) is 0.621. The fourth-order valence-electron chi connectivity index (χ4n) is 0.0913. The lowest BCUT2D eigenvalue weighted by Crippen LogP contribution is -1.86. The van der Waals surface area contributed by atoms with E-state index in [9.17, 15) is 0 Å². The number of methoxy groups -OCH3 is 1. The van der Waals surface area contributed by atoms with Crippen LogP contribution in [0.4, 0.5) is 0 Å². The van der Waals surface area contributed by atoms with Crippen molar-refractivity contribution in [2.75, 3.05) is 7.11 Å². The van der Waals surface area contributed by atoms with Crippen LogP contribution in [0.15, 0.2) is 11.7 Å². The fraction of sp³-hybridized carbons (Fsp3) is 0.500. The van der Waals surface area contributed by atoms with E-state index in [1.54, 1.807) is 0 Å². The lowest BCUT2D eigenvalue weighted by atomic mass is 10.6. The van der Waals surface area contributed by atoms with Gasteiger partial charge in [-0.25, -0.2) is 0 Å². The molecule has 0 atom stereocenters. The third-order valence-electron chi connectivity index (χ3n) is 0.621. The number of aliphatic hydroxyl groups excluding tert-OH is 1. The van der Waals surface area contributed by atoms with Crippen LogP contribution in [0.25, 0.3) is 0 Å². The molecule has 0 aromatic carbocycles. The molecule has 0 spiro atoms. The van der Waals surface area contributed by atoms with Crippen molar-refractivity contribution >= 4 is 0 Å². The number of aliphatic hydroxyl groups is 2. The van der Waals surface area contributed by atoms with Gasteiger partial charge in [0.25, 0.3) is 0 Å². The molecule has 0 saturated heterocycles. The predicted molar refractivity (Wildman–Crippen MR) is 25.0 cm³/mol. The Kier molecular flexibility index (Phi) is 2.05. The SMILES string of the molecule is COC(C)=C(O)O. The molecule has 7 heavy (non-hydrogen) atoms. The van der Waals surface area contributed by atoms with Gasteiger partial charge in [0.15, 0.2) is 5.76 Å². The van der Waals surface area contributed by atoms with Gasteiger partial charge in [0, 0.05) is 6.92 Å². The molecule has 3 nitrogen and oxygen atoms in total. The molecule has 0 amide bonds. The van der Waals surface area contributed by atoms with Crippen molar-refractivity contribution in [2.45, 2.75) is 6.92 Å². The van der Waals surface area contributed by atoms with Crippen LogP contribution in [0.2, 0.25) is 0 Å². The zero-order chi connectivity index (χ0) is 5.86. The van der Waals surface area contributed by atoms with Crippen LogP contribution in [0.5, 0.6) is 0 Å². The first kappa shape index (κ1) is 6.14. The summed E-state index contributed by atoms with van der Waals surface area (Å²) in [5.74, 6) is -0.637. The van der Waals surface area contributed by atoms with Crippen LogP contribution < -0.4 is 0 Å². The van der Waals surface area contributed by atoms with Crippen molar-refractivity contribution in [1.29, 1.82) is 0 Å². The summed E-state index contributed by atoms with van der Waals surface area (Å²) >= 11 is 0. The molecule has 0 saturated carbocycles. The van der Waals surface area contributed by atoms with Gasteiger partial charge in [0.05, 0.1) is 7.11 Å². The molecular formula is C4H8O3. The van der Waals surface area contributed by atoms with E-state index in [-0.39, 0.29) is 5.76 Å². The van der Waals surface area contributed by atoms with Gasteiger partial charge in [0.1, 0.15) is 0 Å². The maximum Gasteiger partial charge on any atom is 0.313 e. The minimum absolute atomic E-state index is 0.125. The van der Waals surface area contributed by atoms with Gasteiger partial charge in [-0.3, -0.25) is 0 Å². The summed E-state index contributed by atoms with van der Waals surface area (Å²) in [5.41, 5.74) is 0. The quantitative estimate of drug-likeness (QED) is 0.486. The van der Waals surface area contributed by atoms with Gasteiger partial charge in [-0.1, -0.05) is 0 Å². The highest BCUT2D eigenvalue weighted by Crippen LogP contribution is 1.94. The van der Waals surface area contributed by atoms with E-state index >= 15 is 0 Å². The van der Waals surface area contributed by atoms with Crippen LogP contribution in [0, 0.1) is 0 Å². The monoisotopic (exact) mass is 104 g/mol. The molecule has 0 unspecified atom stereocenters. The summed E-state index contributed by atoms with van der Waals surface area (Å²) in [5, 5.41) is 16.3. The molecular weight excluding hydrogens is 96.0 g/mol. The van der Waals surface area contributed by atoms with Crippen LogP contribution in [-0.4, -0.2) is 17.3 Å². The van der Waals surface area contributed by atoms with E-state index in [1.165, 1.54) is 14.0 Å². The molecule has 0 aliphatic carbocycles. The van der Waals surface area contributed by atoms with Crippen molar-refractivity contribution in [3.8, 4) is 0 Å². The van der Waals surface area contributed by atoms with E-state index < -0.39 is 5.95 Å². The minimum Gasteiger partial charge on any atom is -0.494 e. The molecule has 0 bridgehead atoms. The average Bonchev–Trinajstić information content (AvgIpc) is 1.65. The Bertz CT molecular complexity index is 80.9. The summed E-state index contributed by atoms with van der Waals surface area (Å²) in [6, 6.07) is 0. The number of hydrogen-bond acceptors (Lipinski definition) is 3. The summed E-state index contributed by atoms with van der Waals surface area (Å²) in [7, 11) is 1.36. The standard InChI is InChI=1S/C4H8O3/c1-3(7-2)4(5)6/h5-6H,1-2H3. The molecule has 0 rings (SSSR count). The number of ether oxygens (including phenoxy) is 1. The van der Waals surface area contributed by atoms with Crippen LogP contribution in [0.1, 0.15) is 6.92 Å². The molecule has 0 aliphatic heterocycles. The van der Waals surface area contributed by atoms with E-state index in [1.807, 2.05) is 0 Å². The molecule has 42 valence electrons. The normalized spacial score (nSPS) is 7.71. The Balaban J connectivity index is 3.72. The third kappa shape index (κ3) is 1.92. The molecule has 0 aromatic heterocycles. The first-order valence-electron chi connectivity index (χ1n) is 1.81. The van der Waals surface area contributed by atoms with Gasteiger partial charge in [-0.15, -0.1) is 0 Å². The van der Waals surface area contributed by atoms with Crippen LogP contribution in [0.3, 0.4) is 0 Å².